The maximum Gasteiger partial charge on any atom is 0.358 e. The fraction of sp³-hybridized carbons (Fsp3) is 0.679. The average molecular weight is 576 g/mol. The third-order valence-corrected chi connectivity index (χ3v) is 10.6. The number of ether oxygens (including phenoxy) is 3. The van der Waals surface area contributed by atoms with Crippen molar-refractivity contribution in [1.82, 2.24) is 9.78 Å². The standard InChI is InChI=1S/C28H35BrN2O6/c1-13-10-27-14(2)8-17-19(25(17,3)4)16(21(27)32)9-15-12-35-26(5,6)37-23(15)28(27,34)22(13)36-24(33)20-18(29)11-30-31(20)7/h9-11,14,16-17,19,22-23,34H,8,12H2,1-7H3/t14-,16+,17-,19+,22+,23-,27+,28-/m1/s1. The highest BCUT2D eigenvalue weighted by atomic mass is 79.9. The summed E-state index contributed by atoms with van der Waals surface area (Å²) in [4.78, 5) is 28.2. The van der Waals surface area contributed by atoms with Gasteiger partial charge in [0.25, 0.3) is 0 Å². The van der Waals surface area contributed by atoms with Crippen molar-refractivity contribution < 1.29 is 28.9 Å². The van der Waals surface area contributed by atoms with Crippen LogP contribution in [0.2, 0.25) is 0 Å². The average Bonchev–Trinajstić information content (AvgIpc) is 3.09. The number of aryl methyl sites for hydroxylation is 1. The molecule has 1 N–H and O–H groups in total. The summed E-state index contributed by atoms with van der Waals surface area (Å²) in [6, 6.07) is 0. The summed E-state index contributed by atoms with van der Waals surface area (Å²) in [6.45, 7) is 12.2. The van der Waals surface area contributed by atoms with Gasteiger partial charge >= 0.3 is 5.97 Å². The van der Waals surface area contributed by atoms with Gasteiger partial charge in [-0.05, 0) is 77.4 Å². The van der Waals surface area contributed by atoms with Crippen LogP contribution in [-0.2, 0) is 26.1 Å². The molecule has 1 aromatic heterocycles. The molecule has 9 heteroatoms. The first kappa shape index (κ1) is 25.5. The Morgan fingerprint density at radius 1 is 1.30 bits per heavy atom. The van der Waals surface area contributed by atoms with Gasteiger partial charge in [-0.1, -0.05) is 32.9 Å². The predicted molar refractivity (Wildman–Crippen MR) is 137 cm³/mol. The number of carbonyl (C=O) groups excluding carboxylic acids is 2. The van der Waals surface area contributed by atoms with Crippen LogP contribution in [0.15, 0.2) is 34.0 Å². The Balaban J connectivity index is 1.53. The van der Waals surface area contributed by atoms with Gasteiger partial charge in [0.15, 0.2) is 29.0 Å². The predicted octanol–water partition coefficient (Wildman–Crippen LogP) is 3.97. The third kappa shape index (κ3) is 3.14. The minimum Gasteiger partial charge on any atom is -0.450 e. The Bertz CT molecular complexity index is 1260. The number of aromatic nitrogens is 2. The van der Waals surface area contributed by atoms with Gasteiger partial charge < -0.3 is 19.3 Å². The van der Waals surface area contributed by atoms with Gasteiger partial charge in [0.05, 0.1) is 22.7 Å². The van der Waals surface area contributed by atoms with Crippen LogP contribution < -0.4 is 0 Å². The van der Waals surface area contributed by atoms with Crippen LogP contribution in [0.5, 0.6) is 0 Å². The molecular weight excluding hydrogens is 540 g/mol. The molecule has 2 bridgehead atoms. The Morgan fingerprint density at radius 2 is 2.00 bits per heavy atom. The highest BCUT2D eigenvalue weighted by Gasteiger charge is 2.77. The van der Waals surface area contributed by atoms with E-state index >= 15 is 0 Å². The fourth-order valence-corrected chi connectivity index (χ4v) is 8.61. The first-order valence-electron chi connectivity index (χ1n) is 13.0. The second kappa shape index (κ2) is 7.64. The second-order valence-corrected chi connectivity index (χ2v) is 13.6. The van der Waals surface area contributed by atoms with Crippen molar-refractivity contribution in [3.63, 3.8) is 0 Å². The lowest BCUT2D eigenvalue weighted by molar-refractivity contribution is -0.302. The largest absolute Gasteiger partial charge is 0.450 e. The summed E-state index contributed by atoms with van der Waals surface area (Å²) in [5.41, 5.74) is -1.44. The molecule has 1 saturated heterocycles. The Morgan fingerprint density at radius 3 is 2.65 bits per heavy atom. The molecule has 8 nitrogen and oxygen atoms in total. The number of esters is 1. The van der Waals surface area contributed by atoms with Gasteiger partial charge in [-0.3, -0.25) is 9.48 Å². The summed E-state index contributed by atoms with van der Waals surface area (Å²) in [7, 11) is 1.65. The van der Waals surface area contributed by atoms with Crippen LogP contribution in [0.4, 0.5) is 0 Å². The molecule has 4 aliphatic carbocycles. The van der Waals surface area contributed by atoms with Gasteiger partial charge in [-0.15, -0.1) is 0 Å². The summed E-state index contributed by atoms with van der Waals surface area (Å²) in [5, 5.41) is 17.2. The zero-order valence-corrected chi connectivity index (χ0v) is 24.0. The molecule has 2 saturated carbocycles. The van der Waals surface area contributed by atoms with Gasteiger partial charge in [0.1, 0.15) is 6.10 Å². The minimum absolute atomic E-state index is 0.0107. The molecule has 8 atom stereocenters. The zero-order chi connectivity index (χ0) is 26.9. The van der Waals surface area contributed by atoms with E-state index in [0.717, 1.165) is 12.0 Å². The van der Waals surface area contributed by atoms with Gasteiger partial charge in [0.2, 0.25) is 0 Å². The lowest BCUT2D eigenvalue weighted by Gasteiger charge is -2.52. The van der Waals surface area contributed by atoms with Crippen molar-refractivity contribution in [1.29, 1.82) is 0 Å². The van der Waals surface area contributed by atoms with E-state index in [1.54, 1.807) is 20.9 Å². The normalized spacial score (nSPS) is 42.9. The molecular formula is C28H35BrN2O6. The first-order chi connectivity index (χ1) is 17.2. The summed E-state index contributed by atoms with van der Waals surface area (Å²) in [6.07, 6.45) is 4.25. The molecule has 0 amide bonds. The zero-order valence-electron chi connectivity index (χ0n) is 22.4. The van der Waals surface area contributed by atoms with E-state index in [1.807, 2.05) is 19.1 Å². The number of aliphatic hydroxyl groups is 1. The van der Waals surface area contributed by atoms with E-state index in [4.69, 9.17) is 14.2 Å². The Hall–Kier alpha value is -1.81. The van der Waals surface area contributed by atoms with Crippen LogP contribution in [0.3, 0.4) is 0 Å². The first-order valence-corrected chi connectivity index (χ1v) is 13.8. The van der Waals surface area contributed by atoms with Crippen LogP contribution in [0, 0.1) is 34.5 Å². The molecule has 200 valence electrons. The molecule has 6 rings (SSSR count). The highest BCUT2D eigenvalue weighted by molar-refractivity contribution is 9.10. The quantitative estimate of drug-likeness (QED) is 0.421. The second-order valence-electron chi connectivity index (χ2n) is 12.7. The number of hydrogen-bond acceptors (Lipinski definition) is 7. The van der Waals surface area contributed by atoms with Crippen LogP contribution in [-0.4, -0.2) is 56.8 Å². The SMILES string of the molecule is CC1=C[C@]23C(=O)[C@@H](C=C4COC(C)(C)O[C@H]4[C@]2(O)[C@H]1OC(=O)c1c(Br)cnn1C)[C@H]1[C@@H](C[C@H]3C)C1(C)C. The number of rotatable bonds is 2. The summed E-state index contributed by atoms with van der Waals surface area (Å²) >= 11 is 3.37. The lowest BCUT2D eigenvalue weighted by atomic mass is 9.59. The lowest BCUT2D eigenvalue weighted by Crippen LogP contribution is -2.68. The maximum absolute atomic E-state index is 14.7. The summed E-state index contributed by atoms with van der Waals surface area (Å²) < 4.78 is 20.5. The minimum atomic E-state index is -1.84. The number of Topliss-reactive ketones (excluding diaryl/α,β-unsaturated/α-hetero) is 1. The third-order valence-electron chi connectivity index (χ3n) is 9.98. The van der Waals surface area contributed by atoms with Crippen molar-refractivity contribution in [2.24, 2.45) is 41.5 Å². The molecule has 5 aliphatic rings. The van der Waals surface area contributed by atoms with Crippen LogP contribution in [0.1, 0.15) is 58.5 Å². The number of allylic oxidation sites excluding steroid dienone is 1. The molecule has 37 heavy (non-hydrogen) atoms. The van der Waals surface area contributed by atoms with Crippen molar-refractivity contribution >= 4 is 27.7 Å². The Labute approximate surface area is 225 Å². The van der Waals surface area contributed by atoms with E-state index in [1.165, 1.54) is 10.9 Å². The number of fused-ring (bicyclic) bond motifs is 5. The topological polar surface area (TPSA) is 99.9 Å². The van der Waals surface area contributed by atoms with Gasteiger partial charge in [-0.2, -0.15) is 5.10 Å². The van der Waals surface area contributed by atoms with E-state index in [2.05, 4.69) is 41.8 Å². The van der Waals surface area contributed by atoms with E-state index < -0.39 is 35.0 Å². The Kier molecular flexibility index (Phi) is 5.26. The molecule has 1 aromatic rings. The number of nitrogens with zero attached hydrogens (tertiary/aromatic N) is 2. The summed E-state index contributed by atoms with van der Waals surface area (Å²) in [5.74, 6) is -1.63. The van der Waals surface area contributed by atoms with Crippen LogP contribution in [0.25, 0.3) is 0 Å². The van der Waals surface area contributed by atoms with E-state index in [0.29, 0.717) is 16.0 Å². The molecule has 2 heterocycles. The van der Waals surface area contributed by atoms with E-state index in [9.17, 15) is 14.7 Å². The van der Waals surface area contributed by atoms with Crippen molar-refractivity contribution in [3.8, 4) is 0 Å². The maximum atomic E-state index is 14.7. The highest BCUT2D eigenvalue weighted by Crippen LogP contribution is 2.72. The molecule has 0 aromatic carbocycles. The van der Waals surface area contributed by atoms with Crippen molar-refractivity contribution in [2.45, 2.75) is 71.6 Å². The number of halogens is 1. The van der Waals surface area contributed by atoms with Gasteiger partial charge in [-0.25, -0.2) is 4.79 Å². The van der Waals surface area contributed by atoms with Crippen molar-refractivity contribution in [2.75, 3.05) is 6.61 Å². The molecule has 0 radical (unpaired) electrons. The molecule has 3 fully saturated rings. The van der Waals surface area contributed by atoms with Crippen molar-refractivity contribution in [3.05, 3.63) is 39.7 Å². The number of ketones is 1. The van der Waals surface area contributed by atoms with Gasteiger partial charge in [0, 0.05) is 13.0 Å². The number of hydrogen-bond donors (Lipinski definition) is 1. The monoisotopic (exact) mass is 574 g/mol. The fourth-order valence-electron chi connectivity index (χ4n) is 8.10. The molecule has 0 unspecified atom stereocenters. The molecule has 1 aliphatic heterocycles. The smallest absolute Gasteiger partial charge is 0.358 e. The number of carbonyl (C=O) groups is 2. The molecule has 1 spiro atoms. The van der Waals surface area contributed by atoms with Crippen LogP contribution >= 0.6 is 15.9 Å². The van der Waals surface area contributed by atoms with E-state index in [-0.39, 0.29) is 41.3 Å².